The molecule has 0 radical (unpaired) electrons. The molecular formula is C19H16N2O3. The molecule has 0 saturated carbocycles. The summed E-state index contributed by atoms with van der Waals surface area (Å²) in [6, 6.07) is 15.1. The molecule has 0 saturated heterocycles. The summed E-state index contributed by atoms with van der Waals surface area (Å²) in [4.78, 5) is 16.8. The molecule has 0 aliphatic carbocycles. The van der Waals surface area contributed by atoms with Crippen LogP contribution in [0.3, 0.4) is 0 Å². The van der Waals surface area contributed by atoms with Gasteiger partial charge in [0.2, 0.25) is 0 Å². The molecule has 4 rings (SSSR count). The van der Waals surface area contributed by atoms with Crippen LogP contribution in [0.25, 0.3) is 10.9 Å². The minimum atomic E-state index is -0.122. The molecule has 0 bridgehead atoms. The average Bonchev–Trinajstić information content (AvgIpc) is 2.65. The fourth-order valence-corrected chi connectivity index (χ4v) is 2.77. The lowest BCUT2D eigenvalue weighted by Crippen LogP contribution is -2.23. The highest BCUT2D eigenvalue weighted by Crippen LogP contribution is 2.30. The smallest absolute Gasteiger partial charge is 0.252 e. The second-order valence-corrected chi connectivity index (χ2v) is 5.54. The van der Waals surface area contributed by atoms with Crippen LogP contribution in [-0.2, 0) is 6.54 Å². The number of carbonyl (C=O) groups excluding carboxylic acids is 1. The van der Waals surface area contributed by atoms with Crippen molar-refractivity contribution in [1.82, 2.24) is 10.3 Å². The summed E-state index contributed by atoms with van der Waals surface area (Å²) in [6.07, 6.45) is 1.65. The van der Waals surface area contributed by atoms with Gasteiger partial charge < -0.3 is 14.8 Å². The number of hydrogen-bond donors (Lipinski definition) is 1. The van der Waals surface area contributed by atoms with Crippen LogP contribution < -0.4 is 14.8 Å². The quantitative estimate of drug-likeness (QED) is 0.806. The number of para-hydroxylation sites is 1. The van der Waals surface area contributed by atoms with Crippen LogP contribution in [0.2, 0.25) is 0 Å². The van der Waals surface area contributed by atoms with Gasteiger partial charge in [0.1, 0.15) is 13.2 Å². The molecule has 5 heteroatoms. The maximum absolute atomic E-state index is 12.5. The molecule has 1 N–H and O–H groups in total. The predicted octanol–water partition coefficient (Wildman–Crippen LogP) is 2.94. The molecule has 0 atom stereocenters. The summed E-state index contributed by atoms with van der Waals surface area (Å²) in [5.74, 6) is 1.35. The second kappa shape index (κ2) is 6.20. The Hall–Kier alpha value is -3.08. The molecule has 2 heterocycles. The Morgan fingerprint density at radius 1 is 1.04 bits per heavy atom. The van der Waals surface area contributed by atoms with E-state index in [2.05, 4.69) is 10.3 Å². The van der Waals surface area contributed by atoms with E-state index in [9.17, 15) is 4.79 Å². The van der Waals surface area contributed by atoms with Crippen molar-refractivity contribution in [3.8, 4) is 11.5 Å². The summed E-state index contributed by atoms with van der Waals surface area (Å²) in [7, 11) is 0. The zero-order valence-electron chi connectivity index (χ0n) is 13.0. The lowest BCUT2D eigenvalue weighted by Gasteiger charge is -2.19. The van der Waals surface area contributed by atoms with Gasteiger partial charge in [-0.2, -0.15) is 0 Å². The van der Waals surface area contributed by atoms with Crippen molar-refractivity contribution >= 4 is 16.8 Å². The molecule has 2 aromatic carbocycles. The lowest BCUT2D eigenvalue weighted by atomic mass is 10.1. The van der Waals surface area contributed by atoms with Crippen molar-refractivity contribution in [3.63, 3.8) is 0 Å². The van der Waals surface area contributed by atoms with Gasteiger partial charge in [-0.05, 0) is 29.8 Å². The van der Waals surface area contributed by atoms with Crippen LogP contribution >= 0.6 is 0 Å². The van der Waals surface area contributed by atoms with Gasteiger partial charge in [0.05, 0.1) is 11.1 Å². The number of ether oxygens (including phenoxy) is 2. The van der Waals surface area contributed by atoms with Crippen molar-refractivity contribution in [2.24, 2.45) is 0 Å². The zero-order valence-corrected chi connectivity index (χ0v) is 13.0. The van der Waals surface area contributed by atoms with Gasteiger partial charge >= 0.3 is 0 Å². The van der Waals surface area contributed by atoms with Gasteiger partial charge in [-0.25, -0.2) is 0 Å². The Morgan fingerprint density at radius 3 is 2.79 bits per heavy atom. The average molecular weight is 320 g/mol. The largest absolute Gasteiger partial charge is 0.486 e. The number of rotatable bonds is 3. The maximum atomic E-state index is 12.5. The van der Waals surface area contributed by atoms with E-state index in [0.717, 1.165) is 28.0 Å². The third-order valence-corrected chi connectivity index (χ3v) is 3.95. The summed E-state index contributed by atoms with van der Waals surface area (Å²) < 4.78 is 11.1. The van der Waals surface area contributed by atoms with Gasteiger partial charge in [0, 0.05) is 18.1 Å². The number of amides is 1. The van der Waals surface area contributed by atoms with Crippen LogP contribution in [-0.4, -0.2) is 24.1 Å². The number of hydrogen-bond acceptors (Lipinski definition) is 4. The lowest BCUT2D eigenvalue weighted by molar-refractivity contribution is 0.0952. The fraction of sp³-hybridized carbons (Fsp3) is 0.158. The van der Waals surface area contributed by atoms with E-state index >= 15 is 0 Å². The predicted molar refractivity (Wildman–Crippen MR) is 90.3 cm³/mol. The van der Waals surface area contributed by atoms with E-state index in [1.54, 1.807) is 12.3 Å². The molecule has 0 unspecified atom stereocenters. The Morgan fingerprint density at radius 2 is 1.88 bits per heavy atom. The Bertz CT molecular complexity index is 903. The van der Waals surface area contributed by atoms with Crippen LogP contribution in [0.15, 0.2) is 54.7 Å². The standard InChI is InChI=1S/C19H16N2O3/c22-19(15-7-8-20-16-4-2-1-3-14(15)16)21-12-13-5-6-17-18(11-13)24-10-9-23-17/h1-8,11H,9-10,12H2,(H,21,22). The number of carbonyl (C=O) groups is 1. The van der Waals surface area contributed by atoms with E-state index in [-0.39, 0.29) is 5.91 Å². The van der Waals surface area contributed by atoms with Gasteiger partial charge in [-0.1, -0.05) is 24.3 Å². The number of nitrogens with zero attached hydrogens (tertiary/aromatic N) is 1. The number of nitrogens with one attached hydrogen (secondary N) is 1. The van der Waals surface area contributed by atoms with E-state index in [4.69, 9.17) is 9.47 Å². The molecule has 1 aliphatic rings. The molecule has 0 fully saturated rings. The minimum absolute atomic E-state index is 0.122. The van der Waals surface area contributed by atoms with Crippen LogP contribution in [0, 0.1) is 0 Å². The van der Waals surface area contributed by atoms with Crippen LogP contribution in [0.4, 0.5) is 0 Å². The van der Waals surface area contributed by atoms with E-state index in [1.807, 2.05) is 42.5 Å². The number of pyridine rings is 1. The topological polar surface area (TPSA) is 60.5 Å². The maximum Gasteiger partial charge on any atom is 0.252 e. The molecule has 120 valence electrons. The Labute approximate surface area is 139 Å². The van der Waals surface area contributed by atoms with Crippen molar-refractivity contribution < 1.29 is 14.3 Å². The number of aromatic nitrogens is 1. The summed E-state index contributed by atoms with van der Waals surface area (Å²) in [5.41, 5.74) is 2.40. The van der Waals surface area contributed by atoms with Crippen molar-refractivity contribution in [3.05, 3.63) is 65.9 Å². The monoisotopic (exact) mass is 320 g/mol. The number of benzene rings is 2. The SMILES string of the molecule is O=C(NCc1ccc2c(c1)OCCO2)c1ccnc2ccccc12. The van der Waals surface area contributed by atoms with Gasteiger partial charge in [-0.3, -0.25) is 9.78 Å². The Kier molecular flexibility index (Phi) is 3.75. The van der Waals surface area contributed by atoms with Gasteiger partial charge in [0.25, 0.3) is 5.91 Å². The molecule has 3 aromatic rings. The highest BCUT2D eigenvalue weighted by molar-refractivity contribution is 6.05. The van der Waals surface area contributed by atoms with E-state index in [0.29, 0.717) is 25.3 Å². The van der Waals surface area contributed by atoms with Crippen molar-refractivity contribution in [1.29, 1.82) is 0 Å². The zero-order chi connectivity index (χ0) is 16.4. The molecule has 1 amide bonds. The van der Waals surface area contributed by atoms with Gasteiger partial charge in [-0.15, -0.1) is 0 Å². The molecule has 1 aliphatic heterocycles. The first-order valence-electron chi connectivity index (χ1n) is 7.82. The first kappa shape index (κ1) is 14.5. The third kappa shape index (κ3) is 2.76. The molecule has 0 spiro atoms. The third-order valence-electron chi connectivity index (χ3n) is 3.95. The normalized spacial score (nSPS) is 12.8. The summed E-state index contributed by atoms with van der Waals surface area (Å²) >= 11 is 0. The molecule has 1 aromatic heterocycles. The fourth-order valence-electron chi connectivity index (χ4n) is 2.77. The number of fused-ring (bicyclic) bond motifs is 2. The molecular weight excluding hydrogens is 304 g/mol. The van der Waals surface area contributed by atoms with Crippen molar-refractivity contribution in [2.45, 2.75) is 6.54 Å². The van der Waals surface area contributed by atoms with Crippen LogP contribution in [0.1, 0.15) is 15.9 Å². The van der Waals surface area contributed by atoms with E-state index < -0.39 is 0 Å². The van der Waals surface area contributed by atoms with Crippen LogP contribution in [0.5, 0.6) is 11.5 Å². The summed E-state index contributed by atoms with van der Waals surface area (Å²) in [6.45, 7) is 1.54. The van der Waals surface area contributed by atoms with Crippen molar-refractivity contribution in [2.75, 3.05) is 13.2 Å². The second-order valence-electron chi connectivity index (χ2n) is 5.54. The molecule has 5 nitrogen and oxygen atoms in total. The summed E-state index contributed by atoms with van der Waals surface area (Å²) in [5, 5.41) is 3.80. The first-order valence-corrected chi connectivity index (χ1v) is 7.82. The highest BCUT2D eigenvalue weighted by Gasteiger charge is 2.13. The minimum Gasteiger partial charge on any atom is -0.486 e. The van der Waals surface area contributed by atoms with E-state index in [1.165, 1.54) is 0 Å². The van der Waals surface area contributed by atoms with Gasteiger partial charge in [0.15, 0.2) is 11.5 Å². The highest BCUT2D eigenvalue weighted by atomic mass is 16.6. The molecule has 24 heavy (non-hydrogen) atoms. The first-order chi connectivity index (χ1) is 11.8. The Balaban J connectivity index is 1.52.